The number of nitrogens with zero attached hydrogens (tertiary/aromatic N) is 3. The topological polar surface area (TPSA) is 67.4 Å². The highest BCUT2D eigenvalue weighted by molar-refractivity contribution is 5.79. The fraction of sp³-hybridized carbons (Fsp3) is 0.529. The average Bonchev–Trinajstić information content (AvgIpc) is 3.10. The molecule has 0 radical (unpaired) electrons. The number of aromatic nitrogens is 2. The van der Waals surface area contributed by atoms with Crippen molar-refractivity contribution in [2.75, 3.05) is 6.54 Å². The average molecular weight is 317 g/mol. The van der Waals surface area contributed by atoms with Crippen molar-refractivity contribution < 1.29 is 4.42 Å². The summed E-state index contributed by atoms with van der Waals surface area (Å²) < 4.78 is 7.80. The molecule has 0 aliphatic carbocycles. The van der Waals surface area contributed by atoms with Gasteiger partial charge >= 0.3 is 0 Å². The molecule has 2 N–H and O–H groups in total. The minimum Gasteiger partial charge on any atom is -0.443 e. The Balaban J connectivity index is 1.95. The Morgan fingerprint density at radius 2 is 2.13 bits per heavy atom. The lowest BCUT2D eigenvalue weighted by molar-refractivity contribution is 0.379. The summed E-state index contributed by atoms with van der Waals surface area (Å²) in [5, 5.41) is 6.48. The normalized spacial score (nSPS) is 12.5. The third-order valence-electron chi connectivity index (χ3n) is 3.36. The molecule has 0 spiro atoms. The van der Waals surface area contributed by atoms with Gasteiger partial charge < -0.3 is 19.6 Å². The molecule has 0 aromatic carbocycles. The monoisotopic (exact) mass is 317 g/mol. The van der Waals surface area contributed by atoms with Gasteiger partial charge in [0.25, 0.3) is 0 Å². The molecule has 0 amide bonds. The molecule has 0 aliphatic rings. The van der Waals surface area contributed by atoms with Crippen molar-refractivity contribution in [2.45, 2.75) is 46.2 Å². The van der Waals surface area contributed by atoms with Gasteiger partial charge in [-0.05, 0) is 18.6 Å². The van der Waals surface area contributed by atoms with Crippen molar-refractivity contribution in [3.05, 3.63) is 41.9 Å². The van der Waals surface area contributed by atoms with Gasteiger partial charge in [0.15, 0.2) is 5.96 Å². The number of hydrogen-bond donors (Lipinski definition) is 2. The third kappa shape index (κ3) is 5.16. The van der Waals surface area contributed by atoms with Crippen LogP contribution in [0.1, 0.15) is 44.9 Å². The molecule has 2 rings (SSSR count). The number of aliphatic imine (C=N–C) groups is 1. The summed E-state index contributed by atoms with van der Waals surface area (Å²) in [6.45, 7) is 10.3. The maximum atomic E-state index is 5.78. The van der Waals surface area contributed by atoms with Crippen LogP contribution in [0.5, 0.6) is 0 Å². The van der Waals surface area contributed by atoms with Crippen LogP contribution in [0.4, 0.5) is 0 Å². The highest BCUT2D eigenvalue weighted by atomic mass is 16.4. The number of oxazole rings is 1. The van der Waals surface area contributed by atoms with Crippen LogP contribution in [0.15, 0.2) is 34.1 Å². The lowest BCUT2D eigenvalue weighted by Crippen LogP contribution is -2.36. The van der Waals surface area contributed by atoms with E-state index in [1.54, 1.807) is 6.20 Å². The lowest BCUT2D eigenvalue weighted by atomic mass is 9.94. The molecule has 0 atom stereocenters. The van der Waals surface area contributed by atoms with Gasteiger partial charge in [-0.2, -0.15) is 0 Å². The Morgan fingerprint density at radius 1 is 1.35 bits per heavy atom. The second kappa shape index (κ2) is 7.35. The zero-order valence-corrected chi connectivity index (χ0v) is 14.7. The van der Waals surface area contributed by atoms with Crippen LogP contribution in [0.25, 0.3) is 0 Å². The van der Waals surface area contributed by atoms with E-state index >= 15 is 0 Å². The van der Waals surface area contributed by atoms with E-state index in [2.05, 4.69) is 53.6 Å². The van der Waals surface area contributed by atoms with Crippen LogP contribution in [-0.2, 0) is 25.6 Å². The quantitative estimate of drug-likeness (QED) is 0.657. The highest BCUT2D eigenvalue weighted by Crippen LogP contribution is 2.22. The van der Waals surface area contributed by atoms with E-state index in [9.17, 15) is 0 Å². The van der Waals surface area contributed by atoms with Crippen molar-refractivity contribution in [1.82, 2.24) is 20.2 Å². The maximum Gasteiger partial charge on any atom is 0.213 e. The van der Waals surface area contributed by atoms with Crippen LogP contribution in [0.2, 0.25) is 0 Å². The van der Waals surface area contributed by atoms with Crippen molar-refractivity contribution in [1.29, 1.82) is 0 Å². The number of guanidine groups is 1. The molecule has 0 unspecified atom stereocenters. The molecule has 6 heteroatoms. The molecule has 2 aromatic heterocycles. The SMILES string of the molecule is CCNC(=NCc1ccn(C)c1)NCc1ncc(C(C)(C)C)o1. The van der Waals surface area contributed by atoms with E-state index < -0.39 is 0 Å². The van der Waals surface area contributed by atoms with Gasteiger partial charge in [-0.25, -0.2) is 9.98 Å². The zero-order valence-electron chi connectivity index (χ0n) is 14.7. The molecule has 0 saturated heterocycles. The Morgan fingerprint density at radius 3 is 2.70 bits per heavy atom. The van der Waals surface area contributed by atoms with Crippen LogP contribution < -0.4 is 10.6 Å². The fourth-order valence-corrected chi connectivity index (χ4v) is 2.06. The molecule has 6 nitrogen and oxygen atoms in total. The number of rotatable bonds is 5. The largest absolute Gasteiger partial charge is 0.443 e. The molecule has 0 aliphatic heterocycles. The molecule has 2 aromatic rings. The first-order valence-electron chi connectivity index (χ1n) is 7.96. The van der Waals surface area contributed by atoms with Crippen LogP contribution in [0.3, 0.4) is 0 Å². The minimum atomic E-state index is -0.0306. The second-order valence-corrected chi connectivity index (χ2v) is 6.60. The Hall–Kier alpha value is -2.24. The summed E-state index contributed by atoms with van der Waals surface area (Å²) in [6, 6.07) is 2.07. The molecule has 0 fully saturated rings. The van der Waals surface area contributed by atoms with Gasteiger partial charge in [0.05, 0.1) is 19.3 Å². The van der Waals surface area contributed by atoms with Crippen LogP contribution in [-0.4, -0.2) is 22.1 Å². The first-order chi connectivity index (χ1) is 10.9. The molecule has 0 saturated carbocycles. The molecular weight excluding hydrogens is 290 g/mol. The van der Waals surface area contributed by atoms with E-state index in [1.165, 1.54) is 5.56 Å². The molecule has 23 heavy (non-hydrogen) atoms. The standard InChI is InChI=1S/C17H27N5O/c1-6-18-16(20-9-13-7-8-22(5)12-13)21-11-15-19-10-14(23-15)17(2,3)4/h7-8,10,12H,6,9,11H2,1-5H3,(H2,18,20,21). The van der Waals surface area contributed by atoms with E-state index in [-0.39, 0.29) is 5.41 Å². The van der Waals surface area contributed by atoms with Gasteiger partial charge in [-0.3, -0.25) is 0 Å². The molecule has 0 bridgehead atoms. The summed E-state index contributed by atoms with van der Waals surface area (Å²) in [7, 11) is 2.01. The Labute approximate surface area is 138 Å². The minimum absolute atomic E-state index is 0.0306. The molecule has 126 valence electrons. The Bertz CT molecular complexity index is 648. The van der Waals surface area contributed by atoms with Gasteiger partial charge in [-0.1, -0.05) is 20.8 Å². The van der Waals surface area contributed by atoms with Gasteiger partial charge in [0.1, 0.15) is 5.76 Å². The summed E-state index contributed by atoms with van der Waals surface area (Å²) in [4.78, 5) is 8.90. The summed E-state index contributed by atoms with van der Waals surface area (Å²) in [5.41, 5.74) is 1.15. The van der Waals surface area contributed by atoms with Crippen LogP contribution in [0, 0.1) is 0 Å². The van der Waals surface area contributed by atoms with E-state index in [4.69, 9.17) is 4.42 Å². The first-order valence-corrected chi connectivity index (χ1v) is 7.96. The first kappa shape index (κ1) is 17.1. The van der Waals surface area contributed by atoms with E-state index in [0.29, 0.717) is 19.0 Å². The van der Waals surface area contributed by atoms with E-state index in [1.807, 2.05) is 24.7 Å². The van der Waals surface area contributed by atoms with E-state index in [0.717, 1.165) is 18.3 Å². The maximum absolute atomic E-state index is 5.78. The number of hydrogen-bond acceptors (Lipinski definition) is 3. The summed E-state index contributed by atoms with van der Waals surface area (Å²) in [6.07, 6.45) is 5.88. The molecular formula is C17H27N5O. The van der Waals surface area contributed by atoms with Gasteiger partial charge in [0.2, 0.25) is 5.89 Å². The summed E-state index contributed by atoms with van der Waals surface area (Å²) >= 11 is 0. The predicted octanol–water partition coefficient (Wildman–Crippen LogP) is 2.57. The summed E-state index contributed by atoms with van der Waals surface area (Å²) in [5.74, 6) is 2.31. The highest BCUT2D eigenvalue weighted by Gasteiger charge is 2.19. The van der Waals surface area contributed by atoms with Crippen molar-refractivity contribution >= 4 is 5.96 Å². The number of nitrogens with one attached hydrogen (secondary N) is 2. The van der Waals surface area contributed by atoms with Gasteiger partial charge in [-0.15, -0.1) is 0 Å². The third-order valence-corrected chi connectivity index (χ3v) is 3.36. The van der Waals surface area contributed by atoms with Crippen molar-refractivity contribution in [3.8, 4) is 0 Å². The zero-order chi connectivity index (χ0) is 16.9. The van der Waals surface area contributed by atoms with Crippen molar-refractivity contribution in [2.24, 2.45) is 12.0 Å². The Kier molecular flexibility index (Phi) is 5.47. The fourth-order valence-electron chi connectivity index (χ4n) is 2.06. The molecule has 2 heterocycles. The van der Waals surface area contributed by atoms with Gasteiger partial charge in [0, 0.05) is 31.4 Å². The predicted molar refractivity (Wildman–Crippen MR) is 92.3 cm³/mol. The second-order valence-electron chi connectivity index (χ2n) is 6.60. The van der Waals surface area contributed by atoms with Crippen molar-refractivity contribution in [3.63, 3.8) is 0 Å². The number of aryl methyl sites for hydroxylation is 1. The smallest absolute Gasteiger partial charge is 0.213 e. The van der Waals surface area contributed by atoms with Crippen LogP contribution >= 0.6 is 0 Å². The lowest BCUT2D eigenvalue weighted by Gasteiger charge is -2.13.